The molecule has 1 aliphatic rings. The van der Waals surface area contributed by atoms with Gasteiger partial charge in [0.05, 0.1) is 0 Å². The van der Waals surface area contributed by atoms with Crippen molar-refractivity contribution in [3.63, 3.8) is 0 Å². The van der Waals surface area contributed by atoms with E-state index in [9.17, 15) is 23.9 Å². The van der Waals surface area contributed by atoms with E-state index in [0.717, 1.165) is 18.5 Å². The predicted molar refractivity (Wildman–Crippen MR) is 129 cm³/mol. The fourth-order valence-electron chi connectivity index (χ4n) is 3.51. The van der Waals surface area contributed by atoms with Gasteiger partial charge in [0.1, 0.15) is 11.6 Å². The first-order valence-electron chi connectivity index (χ1n) is 11.4. The molecule has 1 unspecified atom stereocenters. The number of aliphatic imine (C=N–C) groups is 1. The van der Waals surface area contributed by atoms with E-state index in [-0.39, 0.29) is 36.0 Å². The number of amides is 2. The zero-order valence-electron chi connectivity index (χ0n) is 19.2. The van der Waals surface area contributed by atoms with Crippen LogP contribution in [0.15, 0.2) is 51.9 Å². The number of guanidine groups is 1. The lowest BCUT2D eigenvalue weighted by Crippen LogP contribution is -2.43. The second-order valence-electron chi connectivity index (χ2n) is 8.11. The van der Waals surface area contributed by atoms with E-state index in [1.165, 1.54) is 18.2 Å². The van der Waals surface area contributed by atoms with Crippen molar-refractivity contribution in [3.8, 4) is 0 Å². The summed E-state index contributed by atoms with van der Waals surface area (Å²) in [6.45, 7) is 1.20. The van der Waals surface area contributed by atoms with Gasteiger partial charge in [0.25, 0.3) is 11.9 Å². The summed E-state index contributed by atoms with van der Waals surface area (Å²) < 4.78 is 19.0. The van der Waals surface area contributed by atoms with E-state index in [1.54, 1.807) is 24.3 Å². The van der Waals surface area contributed by atoms with Crippen LogP contribution < -0.4 is 21.3 Å². The number of fused-ring (bicyclic) bond motifs is 1. The Labute approximate surface area is 205 Å². The Morgan fingerprint density at radius 2 is 1.97 bits per heavy atom. The fraction of sp³-hybridized carbons (Fsp3) is 0.292. The van der Waals surface area contributed by atoms with E-state index >= 15 is 0 Å². The molecule has 0 saturated carbocycles. The highest BCUT2D eigenvalue weighted by atomic mass is 19.1. The molecule has 36 heavy (non-hydrogen) atoms. The summed E-state index contributed by atoms with van der Waals surface area (Å²) >= 11 is 0. The standard InChI is InChI=1S/C24H25FN6O5/c25-16-3-1-4-17-20(16)36-24(29-17)30-18(22(34)35)13-28-21(33)15-8-5-14(6-9-15)7-10-19(32)31-23-26-11-2-12-27-23/h1,3-6,8-9,18H,2,7,10-13H2,(H,28,33)(H,29,30)(H,34,35)(H2,26,27,31,32). The van der Waals surface area contributed by atoms with Crippen molar-refractivity contribution in [1.29, 1.82) is 0 Å². The van der Waals surface area contributed by atoms with Crippen molar-refractivity contribution in [3.05, 3.63) is 59.4 Å². The van der Waals surface area contributed by atoms with Crippen LogP contribution in [0.4, 0.5) is 10.4 Å². The van der Waals surface area contributed by atoms with Crippen LogP contribution in [-0.4, -0.2) is 59.5 Å². The summed E-state index contributed by atoms with van der Waals surface area (Å²) in [6, 6.07) is 9.44. The molecule has 2 aromatic carbocycles. The number of carbonyl (C=O) groups excluding carboxylic acids is 2. The average molecular weight is 496 g/mol. The van der Waals surface area contributed by atoms with Gasteiger partial charge in [-0.3, -0.25) is 19.9 Å². The van der Waals surface area contributed by atoms with Crippen LogP contribution in [0, 0.1) is 5.82 Å². The van der Waals surface area contributed by atoms with E-state index in [2.05, 4.69) is 31.2 Å². The number of para-hydroxylation sites is 1. The minimum absolute atomic E-state index is 0.0925. The number of rotatable bonds is 9. The SMILES string of the molecule is O=C(CCc1ccc(C(=O)NCC(Nc2nc3cccc(F)c3o2)C(=O)O)cc1)NC1=NCCCN1. The maximum atomic E-state index is 13.8. The van der Waals surface area contributed by atoms with Crippen LogP contribution in [0.2, 0.25) is 0 Å². The molecule has 2 heterocycles. The lowest BCUT2D eigenvalue weighted by atomic mass is 10.1. The summed E-state index contributed by atoms with van der Waals surface area (Å²) in [5, 5.41) is 20.4. The maximum absolute atomic E-state index is 13.8. The number of benzene rings is 2. The van der Waals surface area contributed by atoms with Gasteiger partial charge in [-0.1, -0.05) is 18.2 Å². The molecule has 3 aromatic rings. The van der Waals surface area contributed by atoms with E-state index in [1.807, 2.05) is 0 Å². The van der Waals surface area contributed by atoms with Crippen LogP contribution in [-0.2, 0) is 16.0 Å². The molecular weight excluding hydrogens is 471 g/mol. The minimum Gasteiger partial charge on any atom is -0.480 e. The zero-order chi connectivity index (χ0) is 25.5. The topological polar surface area (TPSA) is 158 Å². The fourth-order valence-corrected chi connectivity index (χ4v) is 3.51. The van der Waals surface area contributed by atoms with Crippen molar-refractivity contribution in [2.24, 2.45) is 4.99 Å². The highest BCUT2D eigenvalue weighted by Crippen LogP contribution is 2.21. The Hall–Kier alpha value is -4.48. The number of nitrogens with one attached hydrogen (secondary N) is 4. The Kier molecular flexibility index (Phi) is 7.73. The number of nitrogens with zero attached hydrogens (tertiary/aromatic N) is 2. The molecule has 0 fully saturated rings. The van der Waals surface area contributed by atoms with Gasteiger partial charge in [-0.15, -0.1) is 0 Å². The molecule has 1 aromatic heterocycles. The quantitative estimate of drug-likeness (QED) is 0.299. The molecule has 12 heteroatoms. The minimum atomic E-state index is -1.26. The summed E-state index contributed by atoms with van der Waals surface area (Å²) in [5.74, 6) is -2.00. The molecule has 0 radical (unpaired) electrons. The van der Waals surface area contributed by atoms with Crippen LogP contribution in [0.5, 0.6) is 0 Å². The number of aryl methyl sites for hydroxylation is 1. The van der Waals surface area contributed by atoms with Crippen molar-refractivity contribution in [1.82, 2.24) is 20.9 Å². The second kappa shape index (κ2) is 11.3. The van der Waals surface area contributed by atoms with Crippen LogP contribution in [0.1, 0.15) is 28.8 Å². The smallest absolute Gasteiger partial charge is 0.328 e. The van der Waals surface area contributed by atoms with Crippen molar-refractivity contribution in [2.45, 2.75) is 25.3 Å². The van der Waals surface area contributed by atoms with Gasteiger partial charge in [-0.2, -0.15) is 4.98 Å². The number of carboxylic acid groups (broad SMARTS) is 1. The molecule has 2 amide bonds. The average Bonchev–Trinajstić information content (AvgIpc) is 3.30. The number of anilines is 1. The lowest BCUT2D eigenvalue weighted by molar-refractivity contribution is -0.137. The summed E-state index contributed by atoms with van der Waals surface area (Å²) in [5.41, 5.74) is 1.35. The van der Waals surface area contributed by atoms with Gasteiger partial charge in [0.2, 0.25) is 5.91 Å². The number of halogens is 1. The Morgan fingerprint density at radius 1 is 1.17 bits per heavy atom. The third-order valence-electron chi connectivity index (χ3n) is 5.44. The highest BCUT2D eigenvalue weighted by molar-refractivity contribution is 5.97. The summed E-state index contributed by atoms with van der Waals surface area (Å²) in [6.07, 6.45) is 1.68. The van der Waals surface area contributed by atoms with Crippen LogP contribution >= 0.6 is 0 Å². The van der Waals surface area contributed by atoms with Gasteiger partial charge >= 0.3 is 5.97 Å². The van der Waals surface area contributed by atoms with Crippen molar-refractivity contribution < 1.29 is 28.3 Å². The highest BCUT2D eigenvalue weighted by Gasteiger charge is 2.22. The lowest BCUT2D eigenvalue weighted by Gasteiger charge is -2.15. The maximum Gasteiger partial charge on any atom is 0.328 e. The Bertz CT molecular complexity index is 1290. The van der Waals surface area contributed by atoms with Gasteiger partial charge in [0.15, 0.2) is 17.4 Å². The molecule has 0 aliphatic carbocycles. The van der Waals surface area contributed by atoms with Gasteiger partial charge < -0.3 is 25.5 Å². The molecule has 0 saturated heterocycles. The summed E-state index contributed by atoms with van der Waals surface area (Å²) in [4.78, 5) is 44.4. The number of oxazole rings is 1. The third kappa shape index (κ3) is 6.34. The number of hydrogen-bond acceptors (Lipinski definition) is 8. The molecule has 188 valence electrons. The first kappa shape index (κ1) is 24.6. The molecule has 5 N–H and O–H groups in total. The molecule has 11 nitrogen and oxygen atoms in total. The predicted octanol–water partition coefficient (Wildman–Crippen LogP) is 1.66. The number of aliphatic carboxylic acids is 1. The molecule has 0 bridgehead atoms. The van der Waals surface area contributed by atoms with Gasteiger partial charge in [0, 0.05) is 31.6 Å². The molecule has 0 spiro atoms. The van der Waals surface area contributed by atoms with Crippen LogP contribution in [0.3, 0.4) is 0 Å². The molecule has 1 aliphatic heterocycles. The Morgan fingerprint density at radius 3 is 2.67 bits per heavy atom. The normalized spacial score (nSPS) is 13.9. The van der Waals surface area contributed by atoms with E-state index < -0.39 is 23.7 Å². The largest absolute Gasteiger partial charge is 0.480 e. The Balaban J connectivity index is 1.27. The number of hydrogen-bond donors (Lipinski definition) is 5. The van der Waals surface area contributed by atoms with Crippen LogP contribution in [0.25, 0.3) is 11.1 Å². The zero-order valence-corrected chi connectivity index (χ0v) is 19.2. The second-order valence-corrected chi connectivity index (χ2v) is 8.11. The number of carbonyl (C=O) groups is 3. The molecular formula is C24H25FN6O5. The van der Waals surface area contributed by atoms with E-state index in [0.29, 0.717) is 24.5 Å². The first-order valence-corrected chi connectivity index (χ1v) is 11.4. The number of carboxylic acids is 1. The summed E-state index contributed by atoms with van der Waals surface area (Å²) in [7, 11) is 0. The molecule has 1 atom stereocenters. The van der Waals surface area contributed by atoms with Crippen molar-refractivity contribution >= 4 is 40.9 Å². The van der Waals surface area contributed by atoms with E-state index in [4.69, 9.17) is 4.42 Å². The van der Waals surface area contributed by atoms with Gasteiger partial charge in [-0.05, 0) is 42.7 Å². The first-order chi connectivity index (χ1) is 17.4. The monoisotopic (exact) mass is 496 g/mol. The number of aromatic nitrogens is 1. The van der Waals surface area contributed by atoms with Crippen molar-refractivity contribution in [2.75, 3.05) is 25.0 Å². The van der Waals surface area contributed by atoms with Gasteiger partial charge in [-0.25, -0.2) is 9.18 Å². The molecule has 4 rings (SSSR count). The third-order valence-corrected chi connectivity index (χ3v) is 5.44.